The van der Waals surface area contributed by atoms with Crippen LogP contribution in [0.3, 0.4) is 0 Å². The summed E-state index contributed by atoms with van der Waals surface area (Å²) in [5.74, 6) is 3.30. The molecule has 2 aliphatic carbocycles. The van der Waals surface area contributed by atoms with E-state index in [0.717, 1.165) is 56.4 Å². The number of ether oxygens (including phenoxy) is 1. The highest BCUT2D eigenvalue weighted by Gasteiger charge is 2.51. The summed E-state index contributed by atoms with van der Waals surface area (Å²) in [7, 11) is 0. The van der Waals surface area contributed by atoms with Crippen molar-refractivity contribution >= 4 is 17.7 Å². The van der Waals surface area contributed by atoms with E-state index in [0.29, 0.717) is 17.7 Å². The molecule has 2 saturated carbocycles. The van der Waals surface area contributed by atoms with E-state index in [-0.39, 0.29) is 10.7 Å². The second-order valence-electron chi connectivity index (χ2n) is 7.65. The third-order valence-electron chi connectivity index (χ3n) is 5.41. The molecule has 1 amide bonds. The molecular formula is C17H22N2O3S. The number of amides is 1. The average molecular weight is 334 g/mol. The topological polar surface area (TPSA) is 55.6 Å². The van der Waals surface area contributed by atoms with Gasteiger partial charge in [-0.3, -0.25) is 4.79 Å². The Hall–Kier alpha value is -1.01. The van der Waals surface area contributed by atoms with Crippen LogP contribution in [0.15, 0.2) is 10.6 Å². The van der Waals surface area contributed by atoms with Gasteiger partial charge in [-0.1, -0.05) is 5.16 Å². The zero-order chi connectivity index (χ0) is 15.4. The van der Waals surface area contributed by atoms with Crippen LogP contribution in [-0.2, 0) is 4.74 Å². The predicted molar refractivity (Wildman–Crippen MR) is 86.7 cm³/mol. The van der Waals surface area contributed by atoms with E-state index in [1.54, 1.807) is 0 Å². The second kappa shape index (κ2) is 5.24. The van der Waals surface area contributed by atoms with Gasteiger partial charge in [-0.2, -0.15) is 0 Å². The van der Waals surface area contributed by atoms with Crippen molar-refractivity contribution in [1.29, 1.82) is 0 Å². The smallest absolute Gasteiger partial charge is 0.276 e. The molecular weight excluding hydrogens is 312 g/mol. The first-order chi connectivity index (χ1) is 11.2. The number of hydrogen-bond acceptors (Lipinski definition) is 5. The van der Waals surface area contributed by atoms with Gasteiger partial charge in [-0.05, 0) is 38.0 Å². The van der Waals surface area contributed by atoms with Crippen LogP contribution in [0.1, 0.15) is 54.3 Å². The molecule has 2 saturated heterocycles. The summed E-state index contributed by atoms with van der Waals surface area (Å²) in [5, 5.41) is 3.97. The Morgan fingerprint density at radius 2 is 2.22 bits per heavy atom. The van der Waals surface area contributed by atoms with Gasteiger partial charge < -0.3 is 14.2 Å². The molecule has 124 valence electrons. The Bertz CT molecular complexity index is 617. The number of thioether (sulfide) groups is 1. The molecule has 6 heteroatoms. The minimum atomic E-state index is 0.0224. The molecule has 0 N–H and O–H groups in total. The monoisotopic (exact) mass is 334 g/mol. The first kappa shape index (κ1) is 14.3. The van der Waals surface area contributed by atoms with Gasteiger partial charge in [0.15, 0.2) is 5.69 Å². The molecule has 0 bridgehead atoms. The maximum absolute atomic E-state index is 12.5. The molecule has 4 aliphatic rings. The Balaban J connectivity index is 1.15. The summed E-state index contributed by atoms with van der Waals surface area (Å²) in [5.41, 5.74) is 0.478. The fourth-order valence-corrected chi connectivity index (χ4v) is 5.14. The summed E-state index contributed by atoms with van der Waals surface area (Å²) in [6, 6.07) is 1.84. The predicted octanol–water partition coefficient (Wildman–Crippen LogP) is 2.68. The lowest BCUT2D eigenvalue weighted by atomic mass is 9.92. The van der Waals surface area contributed by atoms with Crippen LogP contribution in [0.4, 0.5) is 0 Å². The van der Waals surface area contributed by atoms with Crippen molar-refractivity contribution < 1.29 is 14.1 Å². The normalized spacial score (nSPS) is 29.0. The van der Waals surface area contributed by atoms with E-state index in [1.807, 2.05) is 22.7 Å². The van der Waals surface area contributed by atoms with E-state index in [9.17, 15) is 4.79 Å². The van der Waals surface area contributed by atoms with E-state index in [1.165, 1.54) is 12.8 Å². The zero-order valence-electron chi connectivity index (χ0n) is 13.2. The molecule has 0 aromatic carbocycles. The number of carbonyl (C=O) groups is 1. The number of nitrogens with zero attached hydrogens (tertiary/aromatic N) is 2. The minimum Gasteiger partial charge on any atom is -0.377 e. The van der Waals surface area contributed by atoms with Crippen molar-refractivity contribution in [3.8, 4) is 0 Å². The van der Waals surface area contributed by atoms with Gasteiger partial charge in [0, 0.05) is 37.4 Å². The van der Waals surface area contributed by atoms with Gasteiger partial charge in [-0.15, -0.1) is 11.8 Å². The fraction of sp³-hybridized carbons (Fsp3) is 0.765. The van der Waals surface area contributed by atoms with Gasteiger partial charge in [0.25, 0.3) is 5.91 Å². The highest BCUT2D eigenvalue weighted by molar-refractivity contribution is 8.01. The molecule has 1 aromatic heterocycles. The van der Waals surface area contributed by atoms with Crippen molar-refractivity contribution in [3.05, 3.63) is 17.5 Å². The number of carbonyl (C=O) groups excluding carboxylic acids is 1. The summed E-state index contributed by atoms with van der Waals surface area (Å²) >= 11 is 1.99. The lowest BCUT2D eigenvalue weighted by Gasteiger charge is -2.47. The van der Waals surface area contributed by atoms with Crippen LogP contribution >= 0.6 is 11.8 Å². The van der Waals surface area contributed by atoms with Crippen molar-refractivity contribution in [3.63, 3.8) is 0 Å². The second-order valence-corrected chi connectivity index (χ2v) is 9.13. The SMILES string of the molecule is O=C(c1cc(C2CC2)on1)N1CC2(CC(OCC3CC3)CS2)C1. The quantitative estimate of drug-likeness (QED) is 0.829. The number of hydrogen-bond donors (Lipinski definition) is 0. The van der Waals surface area contributed by atoms with E-state index < -0.39 is 0 Å². The molecule has 2 aliphatic heterocycles. The largest absolute Gasteiger partial charge is 0.377 e. The first-order valence-corrected chi connectivity index (χ1v) is 9.71. The average Bonchev–Trinajstić information content (AvgIpc) is 3.45. The fourth-order valence-electron chi connectivity index (χ4n) is 3.59. The van der Waals surface area contributed by atoms with E-state index in [2.05, 4.69) is 5.16 Å². The van der Waals surface area contributed by atoms with Gasteiger partial charge in [0.1, 0.15) is 5.76 Å². The molecule has 1 spiro atoms. The van der Waals surface area contributed by atoms with Crippen LogP contribution in [0, 0.1) is 5.92 Å². The van der Waals surface area contributed by atoms with Crippen molar-refractivity contribution in [2.75, 3.05) is 25.4 Å². The lowest BCUT2D eigenvalue weighted by Crippen LogP contribution is -2.60. The molecule has 1 unspecified atom stereocenters. The summed E-state index contributed by atoms with van der Waals surface area (Å²) in [6.07, 6.45) is 6.47. The van der Waals surface area contributed by atoms with Crippen LogP contribution < -0.4 is 0 Å². The van der Waals surface area contributed by atoms with Gasteiger partial charge in [-0.25, -0.2) is 0 Å². The molecule has 4 fully saturated rings. The molecule has 1 aromatic rings. The van der Waals surface area contributed by atoms with Crippen LogP contribution in [0.5, 0.6) is 0 Å². The molecule has 1 atom stereocenters. The van der Waals surface area contributed by atoms with Crippen LogP contribution in [0.25, 0.3) is 0 Å². The van der Waals surface area contributed by atoms with Gasteiger partial charge in [0.2, 0.25) is 0 Å². The Morgan fingerprint density at radius 1 is 1.39 bits per heavy atom. The summed E-state index contributed by atoms with van der Waals surface area (Å²) in [4.78, 5) is 14.4. The summed E-state index contributed by atoms with van der Waals surface area (Å²) < 4.78 is 11.6. The Morgan fingerprint density at radius 3 is 2.96 bits per heavy atom. The molecule has 5 rings (SSSR count). The Kier molecular flexibility index (Phi) is 3.27. The van der Waals surface area contributed by atoms with Crippen LogP contribution in [0.2, 0.25) is 0 Å². The molecule has 3 heterocycles. The van der Waals surface area contributed by atoms with Gasteiger partial charge >= 0.3 is 0 Å². The number of aromatic nitrogens is 1. The molecule has 0 radical (unpaired) electrons. The minimum absolute atomic E-state index is 0.0224. The number of rotatable bonds is 5. The van der Waals surface area contributed by atoms with Crippen molar-refractivity contribution in [2.24, 2.45) is 5.92 Å². The third kappa shape index (κ3) is 2.80. The molecule has 5 nitrogen and oxygen atoms in total. The number of likely N-dealkylation sites (tertiary alicyclic amines) is 1. The maximum Gasteiger partial charge on any atom is 0.276 e. The van der Waals surface area contributed by atoms with Crippen molar-refractivity contribution in [1.82, 2.24) is 10.1 Å². The lowest BCUT2D eigenvalue weighted by molar-refractivity contribution is 0.0282. The first-order valence-electron chi connectivity index (χ1n) is 8.72. The summed E-state index contributed by atoms with van der Waals surface area (Å²) in [6.45, 7) is 2.59. The highest BCUT2D eigenvalue weighted by atomic mass is 32.2. The zero-order valence-corrected chi connectivity index (χ0v) is 14.0. The van der Waals surface area contributed by atoms with Gasteiger partial charge in [0.05, 0.1) is 10.9 Å². The van der Waals surface area contributed by atoms with E-state index >= 15 is 0 Å². The molecule has 23 heavy (non-hydrogen) atoms. The van der Waals surface area contributed by atoms with Crippen LogP contribution in [-0.4, -0.2) is 52.3 Å². The van der Waals surface area contributed by atoms with Crippen molar-refractivity contribution in [2.45, 2.75) is 48.9 Å². The maximum atomic E-state index is 12.5. The third-order valence-corrected chi connectivity index (χ3v) is 6.99. The highest BCUT2D eigenvalue weighted by Crippen LogP contribution is 2.47. The van der Waals surface area contributed by atoms with E-state index in [4.69, 9.17) is 9.26 Å². The standard InChI is InChI=1S/C17H22N2O3S/c20-16(14-5-15(22-18-14)12-3-4-12)19-9-17(10-19)6-13(8-23-17)21-7-11-1-2-11/h5,11-13H,1-4,6-10H2. The Labute approximate surface area is 140 Å².